The van der Waals surface area contributed by atoms with Gasteiger partial charge in [-0.3, -0.25) is 4.79 Å². The van der Waals surface area contributed by atoms with Crippen LogP contribution in [0.2, 0.25) is 0 Å². The summed E-state index contributed by atoms with van der Waals surface area (Å²) in [6.07, 6.45) is 1.13. The molecule has 1 amide bonds. The van der Waals surface area contributed by atoms with Gasteiger partial charge in [0.05, 0.1) is 0 Å². The van der Waals surface area contributed by atoms with Crippen LogP contribution in [0.25, 0.3) is 0 Å². The zero-order valence-corrected chi connectivity index (χ0v) is 8.51. The van der Waals surface area contributed by atoms with Gasteiger partial charge >= 0.3 is 0 Å². The lowest BCUT2D eigenvalue weighted by Gasteiger charge is -2.08. The molecule has 0 saturated carbocycles. The lowest BCUT2D eigenvalue weighted by atomic mass is 10.1. The van der Waals surface area contributed by atoms with Gasteiger partial charge in [-0.05, 0) is 37.0 Å². The molecule has 6 heteroatoms. The highest BCUT2D eigenvalue weighted by atomic mass is 32.1. The summed E-state index contributed by atoms with van der Waals surface area (Å²) in [5.74, 6) is 0.441. The van der Waals surface area contributed by atoms with Crippen LogP contribution in [0.5, 0.6) is 0 Å². The second-order valence-electron chi connectivity index (χ2n) is 3.36. The van der Waals surface area contributed by atoms with E-state index >= 15 is 0 Å². The van der Waals surface area contributed by atoms with E-state index in [2.05, 4.69) is 20.2 Å². The van der Waals surface area contributed by atoms with Crippen LogP contribution in [-0.4, -0.2) is 35.1 Å². The highest BCUT2D eigenvalue weighted by molar-refractivity contribution is 7.03. The minimum Gasteiger partial charge on any atom is -0.350 e. The van der Waals surface area contributed by atoms with Gasteiger partial charge in [0.1, 0.15) is 0 Å². The molecule has 1 aliphatic heterocycles. The molecule has 5 nitrogen and oxygen atoms in total. The maximum Gasteiger partial charge on any atom is 0.272 e. The van der Waals surface area contributed by atoms with Gasteiger partial charge in [0, 0.05) is 11.9 Å². The molecule has 0 radical (unpaired) electrons. The summed E-state index contributed by atoms with van der Waals surface area (Å²) in [6.45, 7) is 2.78. The summed E-state index contributed by atoms with van der Waals surface area (Å²) in [6, 6.07) is 0. The molecule has 0 spiro atoms. The Kier molecular flexibility index (Phi) is 3.05. The first kappa shape index (κ1) is 9.54. The van der Waals surface area contributed by atoms with Crippen LogP contribution in [0.1, 0.15) is 16.9 Å². The van der Waals surface area contributed by atoms with Crippen molar-refractivity contribution in [2.24, 2.45) is 5.92 Å². The van der Waals surface area contributed by atoms with Gasteiger partial charge in [-0.2, -0.15) is 0 Å². The number of rotatable bonds is 3. The minimum atomic E-state index is -0.120. The van der Waals surface area contributed by atoms with Crippen LogP contribution in [0.15, 0.2) is 5.38 Å². The maximum atomic E-state index is 11.4. The van der Waals surface area contributed by atoms with Crippen molar-refractivity contribution < 1.29 is 4.79 Å². The average Bonchev–Trinajstić information content (AvgIpc) is 2.87. The predicted octanol–water partition coefficient (Wildman–Crippen LogP) is -0.123. The van der Waals surface area contributed by atoms with E-state index in [1.165, 1.54) is 11.5 Å². The number of carbonyl (C=O) groups is 1. The van der Waals surface area contributed by atoms with E-state index in [0.717, 1.165) is 26.1 Å². The van der Waals surface area contributed by atoms with Gasteiger partial charge in [-0.15, -0.1) is 5.10 Å². The van der Waals surface area contributed by atoms with E-state index in [-0.39, 0.29) is 5.91 Å². The quantitative estimate of drug-likeness (QED) is 0.733. The van der Waals surface area contributed by atoms with Gasteiger partial charge in [0.25, 0.3) is 5.91 Å². The molecule has 1 aromatic heterocycles. The lowest BCUT2D eigenvalue weighted by Crippen LogP contribution is -2.30. The van der Waals surface area contributed by atoms with Crippen molar-refractivity contribution >= 4 is 17.4 Å². The number of aromatic nitrogens is 2. The Bertz CT molecular complexity index is 294. The van der Waals surface area contributed by atoms with Crippen molar-refractivity contribution in [3.8, 4) is 0 Å². The third kappa shape index (κ3) is 2.27. The van der Waals surface area contributed by atoms with Crippen molar-refractivity contribution in [3.05, 3.63) is 11.1 Å². The number of hydrogen-bond acceptors (Lipinski definition) is 5. The topological polar surface area (TPSA) is 66.9 Å². The Morgan fingerprint density at radius 2 is 2.71 bits per heavy atom. The van der Waals surface area contributed by atoms with Crippen LogP contribution in [0.3, 0.4) is 0 Å². The fourth-order valence-corrected chi connectivity index (χ4v) is 1.92. The van der Waals surface area contributed by atoms with Gasteiger partial charge in [-0.1, -0.05) is 4.49 Å². The number of amides is 1. The first-order valence-corrected chi connectivity index (χ1v) is 5.46. The van der Waals surface area contributed by atoms with Crippen molar-refractivity contribution in [1.29, 1.82) is 0 Å². The van der Waals surface area contributed by atoms with Crippen molar-refractivity contribution in [1.82, 2.24) is 20.2 Å². The summed E-state index contributed by atoms with van der Waals surface area (Å²) < 4.78 is 3.64. The van der Waals surface area contributed by atoms with Gasteiger partial charge in [0.15, 0.2) is 5.69 Å². The molecule has 1 aliphatic rings. The first-order valence-electron chi connectivity index (χ1n) is 4.62. The summed E-state index contributed by atoms with van der Waals surface area (Å²) in [5.41, 5.74) is 0.418. The molecule has 0 bridgehead atoms. The van der Waals surface area contributed by atoms with E-state index in [0.29, 0.717) is 11.6 Å². The van der Waals surface area contributed by atoms with Gasteiger partial charge in [0.2, 0.25) is 0 Å². The Labute approximate surface area is 86.1 Å². The molecule has 2 N–H and O–H groups in total. The molecule has 0 aromatic carbocycles. The summed E-state index contributed by atoms with van der Waals surface area (Å²) >= 11 is 1.19. The molecule has 0 aliphatic carbocycles. The molecule has 1 saturated heterocycles. The molecule has 1 atom stereocenters. The van der Waals surface area contributed by atoms with Gasteiger partial charge in [-0.25, -0.2) is 0 Å². The largest absolute Gasteiger partial charge is 0.350 e. The Morgan fingerprint density at radius 3 is 3.36 bits per heavy atom. The first-order chi connectivity index (χ1) is 6.86. The van der Waals surface area contributed by atoms with E-state index in [1.807, 2.05) is 0 Å². The van der Waals surface area contributed by atoms with E-state index in [9.17, 15) is 4.79 Å². The highest BCUT2D eigenvalue weighted by Gasteiger charge is 2.16. The number of nitrogens with one attached hydrogen (secondary N) is 2. The molecule has 1 unspecified atom stereocenters. The van der Waals surface area contributed by atoms with Crippen LogP contribution < -0.4 is 10.6 Å². The second kappa shape index (κ2) is 4.47. The highest BCUT2D eigenvalue weighted by Crippen LogP contribution is 2.05. The van der Waals surface area contributed by atoms with Crippen LogP contribution in [0, 0.1) is 5.92 Å². The monoisotopic (exact) mass is 212 g/mol. The molecular weight excluding hydrogens is 200 g/mol. The summed E-state index contributed by atoms with van der Waals surface area (Å²) in [4.78, 5) is 11.4. The molecule has 14 heavy (non-hydrogen) atoms. The standard InChI is InChI=1S/C8H12N4OS/c13-8(7-5-14-12-11-7)10-4-6-1-2-9-3-6/h5-6,9H,1-4H2,(H,10,13). The smallest absolute Gasteiger partial charge is 0.272 e. The molecule has 2 rings (SSSR count). The number of carbonyl (C=O) groups excluding carboxylic acids is 1. The van der Waals surface area contributed by atoms with E-state index in [4.69, 9.17) is 0 Å². The minimum absolute atomic E-state index is 0.120. The number of hydrogen-bond donors (Lipinski definition) is 2. The Balaban J connectivity index is 1.78. The molecule has 2 heterocycles. The zero-order valence-electron chi connectivity index (χ0n) is 7.69. The normalized spacial score (nSPS) is 21.0. The third-order valence-electron chi connectivity index (χ3n) is 2.31. The van der Waals surface area contributed by atoms with Crippen LogP contribution >= 0.6 is 11.5 Å². The maximum absolute atomic E-state index is 11.4. The summed E-state index contributed by atoms with van der Waals surface area (Å²) in [5, 5.41) is 11.5. The predicted molar refractivity (Wildman–Crippen MR) is 53.2 cm³/mol. The molecule has 1 aromatic rings. The van der Waals surface area contributed by atoms with Crippen LogP contribution in [0.4, 0.5) is 0 Å². The van der Waals surface area contributed by atoms with Crippen molar-refractivity contribution in [2.45, 2.75) is 6.42 Å². The fraction of sp³-hybridized carbons (Fsp3) is 0.625. The van der Waals surface area contributed by atoms with E-state index < -0.39 is 0 Å². The number of nitrogens with zero attached hydrogens (tertiary/aromatic N) is 2. The Morgan fingerprint density at radius 1 is 1.79 bits per heavy atom. The third-order valence-corrected chi connectivity index (χ3v) is 2.81. The van der Waals surface area contributed by atoms with Gasteiger partial charge < -0.3 is 10.6 Å². The van der Waals surface area contributed by atoms with E-state index in [1.54, 1.807) is 5.38 Å². The average molecular weight is 212 g/mol. The van der Waals surface area contributed by atoms with Crippen molar-refractivity contribution in [2.75, 3.05) is 19.6 Å². The lowest BCUT2D eigenvalue weighted by molar-refractivity contribution is 0.0943. The van der Waals surface area contributed by atoms with Crippen molar-refractivity contribution in [3.63, 3.8) is 0 Å². The molecular formula is C8H12N4OS. The zero-order chi connectivity index (χ0) is 9.80. The summed E-state index contributed by atoms with van der Waals surface area (Å²) in [7, 11) is 0. The SMILES string of the molecule is O=C(NCC1CCNC1)c1csnn1. The molecule has 1 fully saturated rings. The van der Waals surface area contributed by atoms with Crippen LogP contribution in [-0.2, 0) is 0 Å². The Hall–Kier alpha value is -1.01. The second-order valence-corrected chi connectivity index (χ2v) is 3.97. The fourth-order valence-electron chi connectivity index (χ4n) is 1.48. The molecule has 76 valence electrons.